The second-order valence-electron chi connectivity index (χ2n) is 4.31. The van der Waals surface area contributed by atoms with Gasteiger partial charge in [0.05, 0.1) is 12.5 Å². The maximum atomic E-state index is 13.3. The number of hydrogen-bond acceptors (Lipinski definition) is 2. The molecule has 2 nitrogen and oxygen atoms in total. The molecule has 1 rings (SSSR count). The van der Waals surface area contributed by atoms with Crippen LogP contribution in [0, 0.1) is 11.6 Å². The number of benzene rings is 1. The Kier molecular flexibility index (Phi) is 5.25. The summed E-state index contributed by atoms with van der Waals surface area (Å²) in [5.41, 5.74) is -0.285. The third kappa shape index (κ3) is 5.52. The SMILES string of the molecule is CC(CC(F)(F)F)NCC(O)c1cc(F)ccc1F. The number of aliphatic hydroxyl groups is 1. The number of hydrogen-bond donors (Lipinski definition) is 2. The topological polar surface area (TPSA) is 32.3 Å². The third-order valence-corrected chi connectivity index (χ3v) is 2.51. The second-order valence-corrected chi connectivity index (χ2v) is 4.31. The van der Waals surface area contributed by atoms with E-state index in [4.69, 9.17) is 0 Å². The summed E-state index contributed by atoms with van der Waals surface area (Å²) in [7, 11) is 0. The molecule has 0 aliphatic heterocycles. The first kappa shape index (κ1) is 15.8. The van der Waals surface area contributed by atoms with Crippen molar-refractivity contribution in [3.8, 4) is 0 Å². The van der Waals surface area contributed by atoms with Gasteiger partial charge in [0.15, 0.2) is 0 Å². The van der Waals surface area contributed by atoms with Crippen molar-refractivity contribution in [2.45, 2.75) is 31.7 Å². The lowest BCUT2D eigenvalue weighted by atomic mass is 10.1. The highest BCUT2D eigenvalue weighted by molar-refractivity contribution is 5.21. The van der Waals surface area contributed by atoms with E-state index in [1.165, 1.54) is 6.92 Å². The molecule has 0 spiro atoms. The molecule has 1 aromatic carbocycles. The molecule has 0 saturated carbocycles. The molecule has 0 aliphatic rings. The minimum absolute atomic E-state index is 0.285. The van der Waals surface area contributed by atoms with Gasteiger partial charge in [-0.2, -0.15) is 13.2 Å². The van der Waals surface area contributed by atoms with E-state index in [9.17, 15) is 27.1 Å². The first-order valence-electron chi connectivity index (χ1n) is 5.62. The minimum atomic E-state index is -4.32. The second kappa shape index (κ2) is 6.29. The van der Waals surface area contributed by atoms with Crippen molar-refractivity contribution in [2.24, 2.45) is 0 Å². The molecule has 2 unspecified atom stereocenters. The molecule has 7 heteroatoms. The molecular weight excluding hydrogens is 269 g/mol. The molecule has 0 aromatic heterocycles. The van der Waals surface area contributed by atoms with Crippen molar-refractivity contribution in [3.05, 3.63) is 35.4 Å². The molecule has 108 valence electrons. The monoisotopic (exact) mass is 283 g/mol. The Hall–Kier alpha value is -1.21. The van der Waals surface area contributed by atoms with Gasteiger partial charge < -0.3 is 10.4 Å². The zero-order valence-electron chi connectivity index (χ0n) is 10.1. The van der Waals surface area contributed by atoms with Crippen LogP contribution in [-0.4, -0.2) is 23.9 Å². The van der Waals surface area contributed by atoms with Gasteiger partial charge in [-0.25, -0.2) is 8.78 Å². The summed E-state index contributed by atoms with van der Waals surface area (Å²) >= 11 is 0. The van der Waals surface area contributed by atoms with Crippen LogP contribution in [0.2, 0.25) is 0 Å². The summed E-state index contributed by atoms with van der Waals surface area (Å²) in [6, 6.07) is 1.64. The van der Waals surface area contributed by atoms with Crippen LogP contribution in [0.15, 0.2) is 18.2 Å². The van der Waals surface area contributed by atoms with Crippen molar-refractivity contribution in [1.82, 2.24) is 5.32 Å². The number of rotatable bonds is 5. The van der Waals surface area contributed by atoms with Crippen LogP contribution in [0.3, 0.4) is 0 Å². The smallest absolute Gasteiger partial charge is 0.387 e. The van der Waals surface area contributed by atoms with E-state index in [1.54, 1.807) is 0 Å². The number of nitrogens with one attached hydrogen (secondary N) is 1. The summed E-state index contributed by atoms with van der Waals surface area (Å²) < 4.78 is 62.3. The molecule has 0 aliphatic carbocycles. The molecule has 0 saturated heterocycles. The van der Waals surface area contributed by atoms with E-state index in [0.29, 0.717) is 0 Å². The van der Waals surface area contributed by atoms with E-state index in [0.717, 1.165) is 18.2 Å². The average molecular weight is 283 g/mol. The molecule has 0 radical (unpaired) electrons. The molecule has 2 atom stereocenters. The maximum Gasteiger partial charge on any atom is 0.390 e. The van der Waals surface area contributed by atoms with E-state index < -0.39 is 36.4 Å². The fraction of sp³-hybridized carbons (Fsp3) is 0.500. The zero-order valence-corrected chi connectivity index (χ0v) is 10.1. The molecular formula is C12H14F5NO. The first-order chi connectivity index (χ1) is 8.69. The van der Waals surface area contributed by atoms with Gasteiger partial charge in [0.25, 0.3) is 0 Å². The standard InChI is InChI=1S/C12H14F5NO/c1-7(5-12(15,16)17)18-6-11(19)9-4-8(13)2-3-10(9)14/h2-4,7,11,18-19H,5-6H2,1H3. The van der Waals surface area contributed by atoms with Crippen LogP contribution >= 0.6 is 0 Å². The maximum absolute atomic E-state index is 13.3. The van der Waals surface area contributed by atoms with Gasteiger partial charge in [-0.1, -0.05) is 0 Å². The van der Waals surface area contributed by atoms with Crippen LogP contribution in [0.25, 0.3) is 0 Å². The highest BCUT2D eigenvalue weighted by Crippen LogP contribution is 2.22. The predicted molar refractivity (Wildman–Crippen MR) is 59.5 cm³/mol. The number of aliphatic hydroxyl groups excluding tert-OH is 1. The van der Waals surface area contributed by atoms with E-state index in [-0.39, 0.29) is 12.1 Å². The van der Waals surface area contributed by atoms with Gasteiger partial charge in [-0.05, 0) is 25.1 Å². The van der Waals surface area contributed by atoms with Gasteiger partial charge in [0.1, 0.15) is 11.6 Å². The summed E-state index contributed by atoms with van der Waals surface area (Å²) in [5, 5.41) is 12.0. The third-order valence-electron chi connectivity index (χ3n) is 2.51. The molecule has 0 bridgehead atoms. The molecule has 0 fully saturated rings. The lowest BCUT2D eigenvalue weighted by Gasteiger charge is -2.19. The highest BCUT2D eigenvalue weighted by atomic mass is 19.4. The van der Waals surface area contributed by atoms with Crippen LogP contribution in [0.1, 0.15) is 25.0 Å². The lowest BCUT2D eigenvalue weighted by Crippen LogP contribution is -2.34. The van der Waals surface area contributed by atoms with Crippen molar-refractivity contribution in [1.29, 1.82) is 0 Å². The van der Waals surface area contributed by atoms with Crippen molar-refractivity contribution in [3.63, 3.8) is 0 Å². The van der Waals surface area contributed by atoms with E-state index in [2.05, 4.69) is 5.32 Å². The molecule has 1 aromatic rings. The van der Waals surface area contributed by atoms with Gasteiger partial charge in [0.2, 0.25) is 0 Å². The van der Waals surface area contributed by atoms with Gasteiger partial charge in [0, 0.05) is 18.2 Å². The largest absolute Gasteiger partial charge is 0.390 e. The quantitative estimate of drug-likeness (QED) is 0.814. The first-order valence-corrected chi connectivity index (χ1v) is 5.62. The van der Waals surface area contributed by atoms with Gasteiger partial charge >= 0.3 is 6.18 Å². The van der Waals surface area contributed by atoms with Crippen molar-refractivity contribution < 1.29 is 27.1 Å². The summed E-state index contributed by atoms with van der Waals surface area (Å²) in [6.45, 7) is 1.000. The number of alkyl halides is 3. The summed E-state index contributed by atoms with van der Waals surface area (Å²) in [4.78, 5) is 0. The average Bonchev–Trinajstić information content (AvgIpc) is 2.27. The van der Waals surface area contributed by atoms with Crippen LogP contribution in [-0.2, 0) is 0 Å². The Balaban J connectivity index is 2.56. The van der Waals surface area contributed by atoms with E-state index in [1.807, 2.05) is 0 Å². The molecule has 19 heavy (non-hydrogen) atoms. The Morgan fingerprint density at radius 3 is 2.47 bits per heavy atom. The molecule has 0 amide bonds. The van der Waals surface area contributed by atoms with E-state index >= 15 is 0 Å². The summed E-state index contributed by atoms with van der Waals surface area (Å²) in [5.74, 6) is -1.53. The number of halogens is 5. The lowest BCUT2D eigenvalue weighted by molar-refractivity contribution is -0.139. The summed E-state index contributed by atoms with van der Waals surface area (Å²) in [6.07, 6.45) is -6.79. The van der Waals surface area contributed by atoms with Crippen LogP contribution < -0.4 is 5.32 Å². The van der Waals surface area contributed by atoms with Gasteiger partial charge in [-0.3, -0.25) is 0 Å². The predicted octanol–water partition coefficient (Wildman–Crippen LogP) is 2.93. The van der Waals surface area contributed by atoms with Gasteiger partial charge in [-0.15, -0.1) is 0 Å². The van der Waals surface area contributed by atoms with Crippen molar-refractivity contribution in [2.75, 3.05) is 6.54 Å². The fourth-order valence-electron chi connectivity index (χ4n) is 1.61. The Labute approximate surface area is 107 Å². The fourth-order valence-corrected chi connectivity index (χ4v) is 1.61. The highest BCUT2D eigenvalue weighted by Gasteiger charge is 2.30. The normalized spacial score (nSPS) is 15.3. The van der Waals surface area contributed by atoms with Crippen LogP contribution in [0.5, 0.6) is 0 Å². The molecule has 2 N–H and O–H groups in total. The minimum Gasteiger partial charge on any atom is -0.387 e. The Bertz CT molecular complexity index is 421. The Morgan fingerprint density at radius 1 is 1.26 bits per heavy atom. The van der Waals surface area contributed by atoms with Crippen LogP contribution in [0.4, 0.5) is 22.0 Å². The van der Waals surface area contributed by atoms with Crippen molar-refractivity contribution >= 4 is 0 Å². The zero-order chi connectivity index (χ0) is 14.6. The molecule has 0 heterocycles. The Morgan fingerprint density at radius 2 is 1.89 bits per heavy atom.